The normalized spacial score (nSPS) is 20.9. The lowest BCUT2D eigenvalue weighted by Crippen LogP contribution is -2.41. The van der Waals surface area contributed by atoms with Gasteiger partial charge in [-0.15, -0.1) is 0 Å². The highest BCUT2D eigenvalue weighted by atomic mass is 16.3. The Hall–Kier alpha value is -2.70. The number of hydrogen-bond donors (Lipinski definition) is 1. The molecule has 2 aliphatic heterocycles. The van der Waals surface area contributed by atoms with E-state index in [-0.39, 0.29) is 17.7 Å². The van der Waals surface area contributed by atoms with Crippen molar-refractivity contribution < 1.29 is 5.11 Å². The smallest absolute Gasteiger partial charge is 0.269 e. The predicted octanol–water partition coefficient (Wildman–Crippen LogP) is 3.19. The van der Waals surface area contributed by atoms with Gasteiger partial charge in [0.2, 0.25) is 0 Å². The molecule has 2 aliphatic rings. The third kappa shape index (κ3) is 4.36. The number of nitrogens with zero attached hydrogens (tertiary/aromatic N) is 4. The maximum Gasteiger partial charge on any atom is 0.269 e. The molecule has 2 saturated heterocycles. The third-order valence-electron chi connectivity index (χ3n) is 6.74. The molecule has 0 radical (unpaired) electrons. The largest absolute Gasteiger partial charge is 0.393 e. The average Bonchev–Trinajstić information content (AvgIpc) is 2.80. The minimum Gasteiger partial charge on any atom is -0.393 e. The first-order valence-electron chi connectivity index (χ1n) is 11.4. The van der Waals surface area contributed by atoms with Crippen LogP contribution in [0.15, 0.2) is 59.5 Å². The van der Waals surface area contributed by atoms with E-state index in [1.54, 1.807) is 10.7 Å². The summed E-state index contributed by atoms with van der Waals surface area (Å²) in [6.07, 6.45) is 5.13. The van der Waals surface area contributed by atoms with Gasteiger partial charge in [-0.1, -0.05) is 42.5 Å². The summed E-state index contributed by atoms with van der Waals surface area (Å²) in [6, 6.07) is 16.8. The lowest BCUT2D eigenvalue weighted by atomic mass is 10.0. The van der Waals surface area contributed by atoms with Crippen LogP contribution in [0.5, 0.6) is 0 Å². The quantitative estimate of drug-likeness (QED) is 0.705. The fraction of sp³-hybridized carbons (Fsp3) is 0.440. The van der Waals surface area contributed by atoms with Gasteiger partial charge in [0.25, 0.3) is 5.56 Å². The van der Waals surface area contributed by atoms with Crippen LogP contribution < -0.4 is 10.5 Å². The molecule has 0 amide bonds. The number of hydrogen-bond acceptors (Lipinski definition) is 5. The Morgan fingerprint density at radius 3 is 2.65 bits per heavy atom. The zero-order valence-corrected chi connectivity index (χ0v) is 17.9. The van der Waals surface area contributed by atoms with Crippen LogP contribution in [0, 0.1) is 0 Å². The van der Waals surface area contributed by atoms with Gasteiger partial charge in [-0.05, 0) is 48.6 Å². The second-order valence-electron chi connectivity index (χ2n) is 8.88. The molecule has 0 unspecified atom stereocenters. The van der Waals surface area contributed by atoms with E-state index in [0.717, 1.165) is 64.1 Å². The maximum atomic E-state index is 12.9. The molecule has 0 aliphatic carbocycles. The molecule has 6 nitrogen and oxygen atoms in total. The first-order valence-corrected chi connectivity index (χ1v) is 11.4. The summed E-state index contributed by atoms with van der Waals surface area (Å²) >= 11 is 0. The number of benzene rings is 2. The first kappa shape index (κ1) is 20.2. The Labute approximate surface area is 182 Å². The number of aliphatic hydroxyl groups is 1. The average molecular weight is 419 g/mol. The number of piperidine rings is 2. The topological polar surface area (TPSA) is 61.6 Å². The highest BCUT2D eigenvalue weighted by Gasteiger charge is 2.24. The van der Waals surface area contributed by atoms with Crippen molar-refractivity contribution in [3.8, 4) is 0 Å². The van der Waals surface area contributed by atoms with Crippen molar-refractivity contribution in [2.75, 3.05) is 31.1 Å². The lowest BCUT2D eigenvalue weighted by Gasteiger charge is -2.34. The van der Waals surface area contributed by atoms with E-state index in [1.807, 2.05) is 6.20 Å². The first-order chi connectivity index (χ1) is 15.2. The van der Waals surface area contributed by atoms with Crippen molar-refractivity contribution in [1.29, 1.82) is 0 Å². The molecule has 0 saturated carbocycles. The highest BCUT2D eigenvalue weighted by molar-refractivity contribution is 5.85. The second-order valence-corrected chi connectivity index (χ2v) is 8.88. The monoisotopic (exact) mass is 418 g/mol. The summed E-state index contributed by atoms with van der Waals surface area (Å²) in [7, 11) is 0. The number of aliphatic hydroxyl groups excluding tert-OH is 1. The molecular formula is C25H30N4O2. The van der Waals surface area contributed by atoms with Crippen molar-refractivity contribution in [2.45, 2.75) is 44.4 Å². The van der Waals surface area contributed by atoms with Gasteiger partial charge < -0.3 is 10.0 Å². The number of likely N-dealkylation sites (tertiary alicyclic amines) is 1. The van der Waals surface area contributed by atoms with Gasteiger partial charge in [-0.2, -0.15) is 5.10 Å². The Morgan fingerprint density at radius 2 is 1.81 bits per heavy atom. The van der Waals surface area contributed by atoms with Gasteiger partial charge in [0.1, 0.15) is 0 Å². The van der Waals surface area contributed by atoms with Gasteiger partial charge in [-0.25, -0.2) is 4.68 Å². The predicted molar refractivity (Wildman–Crippen MR) is 123 cm³/mol. The molecule has 1 N–H and O–H groups in total. The van der Waals surface area contributed by atoms with Gasteiger partial charge >= 0.3 is 0 Å². The van der Waals surface area contributed by atoms with Crippen molar-refractivity contribution >= 4 is 16.5 Å². The Balaban J connectivity index is 1.30. The molecule has 6 heteroatoms. The number of rotatable bonds is 4. The van der Waals surface area contributed by atoms with E-state index < -0.39 is 0 Å². The molecule has 31 heavy (non-hydrogen) atoms. The van der Waals surface area contributed by atoms with Gasteiger partial charge in [0.05, 0.1) is 24.0 Å². The van der Waals surface area contributed by atoms with E-state index in [2.05, 4.69) is 57.4 Å². The van der Waals surface area contributed by atoms with Crippen LogP contribution in [-0.4, -0.2) is 52.1 Å². The SMILES string of the molecule is O=c1cc(N2CCC(O)CC2)cnn1[C@H]1CCCN(Cc2cccc3ccccc23)C1. The van der Waals surface area contributed by atoms with E-state index in [4.69, 9.17) is 0 Å². The minimum absolute atomic E-state index is 0.0272. The third-order valence-corrected chi connectivity index (χ3v) is 6.74. The fourth-order valence-corrected chi connectivity index (χ4v) is 5.03. The highest BCUT2D eigenvalue weighted by Crippen LogP contribution is 2.25. The molecule has 1 aromatic heterocycles. The van der Waals surface area contributed by atoms with Crippen LogP contribution >= 0.6 is 0 Å². The molecule has 5 rings (SSSR count). The van der Waals surface area contributed by atoms with E-state index in [0.29, 0.717) is 0 Å². The van der Waals surface area contributed by atoms with Crippen LogP contribution in [0.25, 0.3) is 10.8 Å². The van der Waals surface area contributed by atoms with Crippen molar-refractivity contribution in [1.82, 2.24) is 14.7 Å². The van der Waals surface area contributed by atoms with Crippen molar-refractivity contribution in [3.63, 3.8) is 0 Å². The molecular weight excluding hydrogens is 388 g/mol. The van der Waals surface area contributed by atoms with Crippen molar-refractivity contribution in [2.24, 2.45) is 0 Å². The van der Waals surface area contributed by atoms with Gasteiger partial charge in [-0.3, -0.25) is 9.69 Å². The molecule has 3 aromatic rings. The zero-order chi connectivity index (χ0) is 21.2. The molecule has 0 spiro atoms. The number of aromatic nitrogens is 2. The molecule has 2 aromatic carbocycles. The van der Waals surface area contributed by atoms with E-state index in [1.165, 1.54) is 16.3 Å². The summed E-state index contributed by atoms with van der Waals surface area (Å²) in [6.45, 7) is 4.32. The zero-order valence-electron chi connectivity index (χ0n) is 17.9. The van der Waals surface area contributed by atoms with Gasteiger partial charge in [0, 0.05) is 32.2 Å². The van der Waals surface area contributed by atoms with Crippen LogP contribution in [0.2, 0.25) is 0 Å². The summed E-state index contributed by atoms with van der Waals surface area (Å²) in [5.74, 6) is 0. The lowest BCUT2D eigenvalue weighted by molar-refractivity contribution is 0.145. The standard InChI is InChI=1S/C25H30N4O2/c30-23-10-13-28(14-11-23)22-15-25(31)29(26-16-22)21-8-4-12-27(18-21)17-20-7-3-6-19-5-1-2-9-24(19)20/h1-3,5-7,9,15-16,21,23,30H,4,8,10-14,17-18H2/t21-/m0/s1. The summed E-state index contributed by atoms with van der Waals surface area (Å²) < 4.78 is 1.68. The van der Waals surface area contributed by atoms with Gasteiger partial charge in [0.15, 0.2) is 0 Å². The molecule has 2 fully saturated rings. The second kappa shape index (κ2) is 8.81. The van der Waals surface area contributed by atoms with Crippen LogP contribution in [0.1, 0.15) is 37.3 Å². The Bertz CT molecular complexity index is 1100. The van der Waals surface area contributed by atoms with Crippen LogP contribution in [0.3, 0.4) is 0 Å². The van der Waals surface area contributed by atoms with E-state index in [9.17, 15) is 9.90 Å². The minimum atomic E-state index is -0.223. The van der Waals surface area contributed by atoms with Crippen LogP contribution in [-0.2, 0) is 6.54 Å². The van der Waals surface area contributed by atoms with Crippen LogP contribution in [0.4, 0.5) is 5.69 Å². The van der Waals surface area contributed by atoms with E-state index >= 15 is 0 Å². The summed E-state index contributed by atoms with van der Waals surface area (Å²) in [4.78, 5) is 17.5. The molecule has 162 valence electrons. The molecule has 3 heterocycles. The Kier molecular flexibility index (Phi) is 5.74. The Morgan fingerprint density at radius 1 is 1.00 bits per heavy atom. The summed E-state index contributed by atoms with van der Waals surface area (Å²) in [5, 5.41) is 16.9. The number of fused-ring (bicyclic) bond motifs is 1. The maximum absolute atomic E-state index is 12.9. The fourth-order valence-electron chi connectivity index (χ4n) is 5.03. The number of anilines is 1. The molecule has 1 atom stereocenters. The van der Waals surface area contributed by atoms with Crippen molar-refractivity contribution in [3.05, 3.63) is 70.6 Å². The molecule has 0 bridgehead atoms. The summed E-state index contributed by atoms with van der Waals surface area (Å²) in [5.41, 5.74) is 2.18.